The molecule has 3 heterocycles. The van der Waals surface area contributed by atoms with Crippen molar-refractivity contribution in [1.29, 1.82) is 0 Å². The molecule has 0 unspecified atom stereocenters. The monoisotopic (exact) mass is 323 g/mol. The van der Waals surface area contributed by atoms with Crippen LogP contribution in [0.25, 0.3) is 16.9 Å². The molecule has 3 aromatic rings. The van der Waals surface area contributed by atoms with Gasteiger partial charge >= 0.3 is 0 Å². The van der Waals surface area contributed by atoms with E-state index >= 15 is 0 Å². The molecular formula is C11H10BrN5S. The Labute approximate surface area is 116 Å². The van der Waals surface area contributed by atoms with Gasteiger partial charge in [0.25, 0.3) is 0 Å². The zero-order valence-corrected chi connectivity index (χ0v) is 12.0. The lowest BCUT2D eigenvalue weighted by molar-refractivity contribution is 0.909. The van der Waals surface area contributed by atoms with E-state index < -0.39 is 0 Å². The number of halogens is 1. The van der Waals surface area contributed by atoms with Crippen LogP contribution in [-0.4, -0.2) is 19.6 Å². The van der Waals surface area contributed by atoms with Crippen LogP contribution in [0, 0.1) is 0 Å². The molecule has 5 nitrogen and oxygen atoms in total. The number of nitrogen functional groups attached to an aromatic ring is 1. The first-order valence-corrected chi connectivity index (χ1v) is 7.10. The van der Waals surface area contributed by atoms with Crippen molar-refractivity contribution in [3.63, 3.8) is 0 Å². The van der Waals surface area contributed by atoms with Gasteiger partial charge in [-0.3, -0.25) is 0 Å². The Morgan fingerprint density at radius 1 is 1.50 bits per heavy atom. The van der Waals surface area contributed by atoms with Gasteiger partial charge in [-0.15, -0.1) is 11.3 Å². The molecule has 92 valence electrons. The molecule has 0 fully saturated rings. The molecule has 0 aliphatic rings. The third kappa shape index (κ3) is 1.70. The van der Waals surface area contributed by atoms with Gasteiger partial charge in [-0.2, -0.15) is 5.10 Å². The van der Waals surface area contributed by atoms with Crippen LogP contribution in [0.3, 0.4) is 0 Å². The summed E-state index contributed by atoms with van der Waals surface area (Å²) >= 11 is 5.14. The summed E-state index contributed by atoms with van der Waals surface area (Å²) in [5.74, 6) is 0.453. The Balaban J connectivity index is 2.27. The van der Waals surface area contributed by atoms with Crippen LogP contribution in [0.15, 0.2) is 22.2 Å². The summed E-state index contributed by atoms with van der Waals surface area (Å²) in [6, 6.07) is 1.97. The van der Waals surface area contributed by atoms with Crippen LogP contribution in [0.5, 0.6) is 0 Å². The van der Waals surface area contributed by atoms with E-state index in [9.17, 15) is 0 Å². The van der Waals surface area contributed by atoms with Crippen LogP contribution in [0.2, 0.25) is 0 Å². The lowest BCUT2D eigenvalue weighted by Gasteiger charge is -1.99. The number of nitrogens with two attached hydrogens (primary N) is 1. The second kappa shape index (κ2) is 4.33. The maximum Gasteiger partial charge on any atom is 0.152 e. The van der Waals surface area contributed by atoms with E-state index in [-0.39, 0.29) is 0 Å². The van der Waals surface area contributed by atoms with Crippen molar-refractivity contribution in [3.8, 4) is 11.4 Å². The molecule has 18 heavy (non-hydrogen) atoms. The smallest absolute Gasteiger partial charge is 0.152 e. The highest BCUT2D eigenvalue weighted by atomic mass is 79.9. The number of nitrogens with zero attached hydrogens (tertiary/aromatic N) is 4. The molecule has 0 spiro atoms. The Morgan fingerprint density at radius 3 is 3.06 bits per heavy atom. The number of hydrogen-bond acceptors (Lipinski definition) is 5. The van der Waals surface area contributed by atoms with Crippen molar-refractivity contribution in [2.75, 3.05) is 5.73 Å². The first kappa shape index (κ1) is 11.6. The van der Waals surface area contributed by atoms with Crippen LogP contribution in [0.1, 0.15) is 11.9 Å². The van der Waals surface area contributed by atoms with Crippen LogP contribution >= 0.6 is 27.3 Å². The minimum Gasteiger partial charge on any atom is -0.382 e. The van der Waals surface area contributed by atoms with Gasteiger partial charge in [0.15, 0.2) is 5.82 Å². The Bertz CT molecular complexity index is 717. The zero-order chi connectivity index (χ0) is 12.7. The molecule has 7 heteroatoms. The van der Waals surface area contributed by atoms with Crippen molar-refractivity contribution >= 4 is 38.6 Å². The van der Waals surface area contributed by atoms with Gasteiger partial charge in [0.2, 0.25) is 0 Å². The van der Waals surface area contributed by atoms with Gasteiger partial charge in [-0.25, -0.2) is 14.5 Å². The third-order valence-corrected chi connectivity index (χ3v) is 4.25. The summed E-state index contributed by atoms with van der Waals surface area (Å²) in [6.45, 7) is 2.09. The first-order valence-electron chi connectivity index (χ1n) is 5.43. The fourth-order valence-electron chi connectivity index (χ4n) is 1.80. The van der Waals surface area contributed by atoms with E-state index in [1.165, 1.54) is 6.33 Å². The van der Waals surface area contributed by atoms with Gasteiger partial charge in [0.1, 0.15) is 11.8 Å². The number of rotatable bonds is 2. The van der Waals surface area contributed by atoms with E-state index in [1.807, 2.05) is 11.4 Å². The second-order valence-electron chi connectivity index (χ2n) is 3.76. The number of anilines is 1. The molecule has 0 bridgehead atoms. The standard InChI is InChI=1S/C11H10BrN5S/c1-2-9-16-7(4-18-9)8-3-6(12)10-11(13)14-5-15-17(8)10/h3-5H,2H2,1H3,(H2,13,14,15). The van der Waals surface area contributed by atoms with Crippen LogP contribution < -0.4 is 5.73 Å². The van der Waals surface area contributed by atoms with E-state index in [4.69, 9.17) is 5.73 Å². The summed E-state index contributed by atoms with van der Waals surface area (Å²) in [4.78, 5) is 8.56. The number of aryl methyl sites for hydroxylation is 1. The van der Waals surface area contributed by atoms with Gasteiger partial charge in [0.05, 0.1) is 16.4 Å². The van der Waals surface area contributed by atoms with Crippen molar-refractivity contribution in [1.82, 2.24) is 19.6 Å². The van der Waals surface area contributed by atoms with E-state index in [0.717, 1.165) is 32.8 Å². The van der Waals surface area contributed by atoms with E-state index in [1.54, 1.807) is 15.9 Å². The SMILES string of the molecule is CCc1nc(-c2cc(Br)c3c(N)ncnn23)cs1. The molecule has 0 aromatic carbocycles. The number of hydrogen-bond donors (Lipinski definition) is 1. The zero-order valence-electron chi connectivity index (χ0n) is 9.59. The molecule has 3 rings (SSSR count). The van der Waals surface area contributed by atoms with Crippen LogP contribution in [-0.2, 0) is 6.42 Å². The highest BCUT2D eigenvalue weighted by molar-refractivity contribution is 9.10. The topological polar surface area (TPSA) is 69.1 Å². The molecule has 2 N–H and O–H groups in total. The maximum absolute atomic E-state index is 5.86. The predicted octanol–water partition coefficient (Wildman–Crippen LogP) is 2.76. The summed E-state index contributed by atoms with van der Waals surface area (Å²) < 4.78 is 2.64. The predicted molar refractivity (Wildman–Crippen MR) is 75.6 cm³/mol. The highest BCUT2D eigenvalue weighted by Gasteiger charge is 2.15. The molecule has 0 saturated carbocycles. The third-order valence-electron chi connectivity index (χ3n) is 2.65. The number of aromatic nitrogens is 4. The molecule has 0 saturated heterocycles. The van der Waals surface area contributed by atoms with E-state index in [0.29, 0.717) is 5.82 Å². The molecule has 3 aromatic heterocycles. The van der Waals surface area contributed by atoms with Crippen molar-refractivity contribution in [2.45, 2.75) is 13.3 Å². The number of thiazole rings is 1. The minimum absolute atomic E-state index is 0.453. The summed E-state index contributed by atoms with van der Waals surface area (Å²) in [5.41, 5.74) is 8.47. The summed E-state index contributed by atoms with van der Waals surface area (Å²) in [5, 5.41) is 7.38. The Morgan fingerprint density at radius 2 is 2.33 bits per heavy atom. The Hall–Kier alpha value is -1.47. The van der Waals surface area contributed by atoms with Gasteiger partial charge in [0, 0.05) is 9.85 Å². The molecule has 0 amide bonds. The molecular weight excluding hydrogens is 314 g/mol. The van der Waals surface area contributed by atoms with Crippen molar-refractivity contribution in [3.05, 3.63) is 27.3 Å². The maximum atomic E-state index is 5.86. The second-order valence-corrected chi connectivity index (χ2v) is 5.56. The molecule has 0 radical (unpaired) electrons. The Kier molecular flexibility index (Phi) is 2.79. The fraction of sp³-hybridized carbons (Fsp3) is 0.182. The minimum atomic E-state index is 0.453. The van der Waals surface area contributed by atoms with Crippen molar-refractivity contribution < 1.29 is 0 Å². The summed E-state index contributed by atoms with van der Waals surface area (Å²) in [7, 11) is 0. The quantitative estimate of drug-likeness (QED) is 0.787. The molecule has 0 atom stereocenters. The lowest BCUT2D eigenvalue weighted by atomic mass is 10.3. The lowest BCUT2D eigenvalue weighted by Crippen LogP contribution is -2.00. The van der Waals surface area contributed by atoms with Gasteiger partial charge in [-0.05, 0) is 28.4 Å². The van der Waals surface area contributed by atoms with Gasteiger partial charge in [-0.1, -0.05) is 6.92 Å². The first-order chi connectivity index (χ1) is 8.70. The molecule has 0 aliphatic carbocycles. The van der Waals surface area contributed by atoms with Crippen molar-refractivity contribution in [2.24, 2.45) is 0 Å². The largest absolute Gasteiger partial charge is 0.382 e. The number of fused-ring (bicyclic) bond motifs is 1. The van der Waals surface area contributed by atoms with Gasteiger partial charge < -0.3 is 5.73 Å². The highest BCUT2D eigenvalue weighted by Crippen LogP contribution is 2.31. The summed E-state index contributed by atoms with van der Waals surface area (Å²) in [6.07, 6.45) is 2.39. The average molecular weight is 324 g/mol. The van der Waals surface area contributed by atoms with Crippen LogP contribution in [0.4, 0.5) is 5.82 Å². The average Bonchev–Trinajstić information content (AvgIpc) is 2.94. The normalized spacial score (nSPS) is 11.2. The molecule has 0 aliphatic heterocycles. The van der Waals surface area contributed by atoms with E-state index in [2.05, 4.69) is 37.9 Å². The fourth-order valence-corrected chi connectivity index (χ4v) is 3.12.